The van der Waals surface area contributed by atoms with Gasteiger partial charge in [-0.2, -0.15) is 0 Å². The minimum Gasteiger partial charge on any atom is -0.353 e. The molecule has 0 bridgehead atoms. The summed E-state index contributed by atoms with van der Waals surface area (Å²) in [6.07, 6.45) is 5.56. The predicted molar refractivity (Wildman–Crippen MR) is 116 cm³/mol. The summed E-state index contributed by atoms with van der Waals surface area (Å²) in [6, 6.07) is 15.7. The Bertz CT molecular complexity index is 952. The number of aromatic nitrogens is 3. The molecule has 5 rings (SSSR count). The average Bonchev–Trinajstić information content (AvgIpc) is 3.41. The lowest BCUT2D eigenvalue weighted by atomic mass is 9.94. The lowest BCUT2D eigenvalue weighted by Gasteiger charge is -2.33. The molecule has 0 spiro atoms. The highest BCUT2D eigenvalue weighted by molar-refractivity contribution is 5.53. The Morgan fingerprint density at radius 1 is 1.07 bits per heavy atom. The Kier molecular flexibility index (Phi) is 5.21. The van der Waals surface area contributed by atoms with E-state index in [0.29, 0.717) is 12.0 Å². The maximum absolute atomic E-state index is 4.98. The first-order chi connectivity index (χ1) is 14.3. The number of nitrogens with one attached hydrogen (secondary N) is 1. The van der Waals surface area contributed by atoms with Crippen molar-refractivity contribution in [1.82, 2.24) is 24.8 Å². The molecule has 0 radical (unpaired) electrons. The highest BCUT2D eigenvalue weighted by atomic mass is 15.4. The molecule has 29 heavy (non-hydrogen) atoms. The molecule has 2 saturated heterocycles. The lowest BCUT2D eigenvalue weighted by molar-refractivity contribution is 0.197. The second-order valence-corrected chi connectivity index (χ2v) is 8.42. The number of nitrogens with zero attached hydrogens (tertiary/aromatic N) is 5. The van der Waals surface area contributed by atoms with Crippen molar-refractivity contribution in [3.05, 3.63) is 59.9 Å². The van der Waals surface area contributed by atoms with Gasteiger partial charge in [0.15, 0.2) is 11.5 Å². The van der Waals surface area contributed by atoms with Gasteiger partial charge in [0.1, 0.15) is 0 Å². The van der Waals surface area contributed by atoms with E-state index in [4.69, 9.17) is 5.10 Å². The highest BCUT2D eigenvalue weighted by Gasteiger charge is 2.26. The molecule has 2 atom stereocenters. The van der Waals surface area contributed by atoms with Gasteiger partial charge in [0, 0.05) is 50.4 Å². The predicted octanol–water partition coefficient (Wildman–Crippen LogP) is 2.91. The zero-order valence-electron chi connectivity index (χ0n) is 17.2. The standard InChI is InChI=1S/C23H30N6/c1-24-20-10-13-28(17-20)23-14-22-25-11-9-21(29(22)26-23)19-8-5-12-27(16-19)15-18-6-3-2-4-7-18/h2-4,6-7,9,11,14,19-20,24H,5,8,10,12-13,15-17H2,1H3/t19-,20-/m1/s1. The Labute approximate surface area is 172 Å². The number of anilines is 1. The number of likely N-dealkylation sites (tertiary alicyclic amines) is 1. The van der Waals surface area contributed by atoms with Crippen molar-refractivity contribution in [2.45, 2.75) is 37.8 Å². The highest BCUT2D eigenvalue weighted by Crippen LogP contribution is 2.29. The SMILES string of the molecule is CN[C@@H]1CCN(c2cc3nccc([C@@H]4CCCN(Cc5ccccc5)C4)n3n2)C1. The van der Waals surface area contributed by atoms with E-state index in [1.807, 2.05) is 13.2 Å². The van der Waals surface area contributed by atoms with Crippen molar-refractivity contribution in [3.63, 3.8) is 0 Å². The van der Waals surface area contributed by atoms with E-state index in [1.54, 1.807) is 0 Å². The molecule has 6 nitrogen and oxygen atoms in total. The molecule has 0 aliphatic carbocycles. The third-order valence-electron chi connectivity index (χ3n) is 6.47. The average molecular weight is 391 g/mol. The summed E-state index contributed by atoms with van der Waals surface area (Å²) in [6.45, 7) is 5.34. The van der Waals surface area contributed by atoms with E-state index < -0.39 is 0 Å². The van der Waals surface area contributed by atoms with Crippen LogP contribution in [0, 0.1) is 0 Å². The van der Waals surface area contributed by atoms with Crippen LogP contribution in [0.5, 0.6) is 0 Å². The molecule has 2 aromatic heterocycles. The van der Waals surface area contributed by atoms with Gasteiger partial charge in [-0.05, 0) is 44.5 Å². The first kappa shape index (κ1) is 18.6. The number of hydrogen-bond acceptors (Lipinski definition) is 5. The number of likely N-dealkylation sites (N-methyl/N-ethyl adjacent to an activating group) is 1. The fourth-order valence-corrected chi connectivity index (χ4v) is 4.85. The van der Waals surface area contributed by atoms with Crippen LogP contribution in [0.3, 0.4) is 0 Å². The van der Waals surface area contributed by atoms with Gasteiger partial charge in [-0.15, -0.1) is 5.10 Å². The normalized spacial score (nSPS) is 23.1. The summed E-state index contributed by atoms with van der Waals surface area (Å²) in [5, 5.41) is 8.37. The van der Waals surface area contributed by atoms with E-state index >= 15 is 0 Å². The van der Waals surface area contributed by atoms with E-state index in [9.17, 15) is 0 Å². The van der Waals surface area contributed by atoms with Gasteiger partial charge in [-0.25, -0.2) is 9.50 Å². The van der Waals surface area contributed by atoms with Crippen LogP contribution in [-0.4, -0.2) is 58.8 Å². The second kappa shape index (κ2) is 8.13. The van der Waals surface area contributed by atoms with Gasteiger partial charge in [0.25, 0.3) is 0 Å². The molecule has 1 N–H and O–H groups in total. The fraction of sp³-hybridized carbons (Fsp3) is 0.478. The molecule has 6 heteroatoms. The largest absolute Gasteiger partial charge is 0.353 e. The Morgan fingerprint density at radius 3 is 2.79 bits per heavy atom. The summed E-state index contributed by atoms with van der Waals surface area (Å²) in [4.78, 5) is 9.56. The van der Waals surface area contributed by atoms with Crippen LogP contribution in [-0.2, 0) is 6.54 Å². The van der Waals surface area contributed by atoms with Crippen LogP contribution < -0.4 is 10.2 Å². The van der Waals surface area contributed by atoms with Crippen molar-refractivity contribution in [2.24, 2.45) is 0 Å². The number of fused-ring (bicyclic) bond motifs is 1. The van der Waals surface area contributed by atoms with E-state index in [1.165, 1.54) is 37.1 Å². The Hall–Kier alpha value is -2.44. The molecular weight excluding hydrogens is 360 g/mol. The van der Waals surface area contributed by atoms with Crippen LogP contribution in [0.15, 0.2) is 48.7 Å². The van der Waals surface area contributed by atoms with Crippen LogP contribution in [0.4, 0.5) is 5.82 Å². The van der Waals surface area contributed by atoms with Crippen molar-refractivity contribution in [3.8, 4) is 0 Å². The van der Waals surface area contributed by atoms with Crippen molar-refractivity contribution >= 4 is 11.5 Å². The molecule has 2 aliphatic heterocycles. The van der Waals surface area contributed by atoms with Crippen molar-refractivity contribution in [2.75, 3.05) is 38.1 Å². The fourth-order valence-electron chi connectivity index (χ4n) is 4.85. The molecule has 1 aromatic carbocycles. The topological polar surface area (TPSA) is 48.7 Å². The van der Waals surface area contributed by atoms with Crippen LogP contribution in [0.25, 0.3) is 5.65 Å². The lowest BCUT2D eigenvalue weighted by Crippen LogP contribution is -2.34. The number of piperidine rings is 1. The van der Waals surface area contributed by atoms with Gasteiger partial charge in [-0.3, -0.25) is 4.90 Å². The number of rotatable bonds is 5. The molecule has 4 heterocycles. The maximum atomic E-state index is 4.98. The number of benzene rings is 1. The minimum atomic E-state index is 0.495. The van der Waals surface area contributed by atoms with Crippen LogP contribution >= 0.6 is 0 Å². The molecule has 2 fully saturated rings. The Morgan fingerprint density at radius 2 is 1.97 bits per heavy atom. The van der Waals surface area contributed by atoms with Crippen LogP contribution in [0.1, 0.15) is 36.4 Å². The van der Waals surface area contributed by atoms with E-state index in [-0.39, 0.29) is 0 Å². The van der Waals surface area contributed by atoms with Gasteiger partial charge in [0.2, 0.25) is 0 Å². The quantitative estimate of drug-likeness (QED) is 0.726. The van der Waals surface area contributed by atoms with Gasteiger partial charge in [0.05, 0.1) is 5.69 Å². The summed E-state index contributed by atoms with van der Waals surface area (Å²) < 4.78 is 2.10. The van der Waals surface area contributed by atoms with Gasteiger partial charge >= 0.3 is 0 Å². The molecule has 3 aromatic rings. The van der Waals surface area contributed by atoms with Crippen molar-refractivity contribution in [1.29, 1.82) is 0 Å². The monoisotopic (exact) mass is 390 g/mol. The molecule has 0 saturated carbocycles. The molecule has 0 amide bonds. The first-order valence-corrected chi connectivity index (χ1v) is 10.8. The van der Waals surface area contributed by atoms with Gasteiger partial charge < -0.3 is 10.2 Å². The molecule has 2 aliphatic rings. The zero-order chi connectivity index (χ0) is 19.6. The maximum Gasteiger partial charge on any atom is 0.157 e. The van der Waals surface area contributed by atoms with Gasteiger partial charge in [-0.1, -0.05) is 30.3 Å². The molecule has 0 unspecified atom stereocenters. The summed E-state index contributed by atoms with van der Waals surface area (Å²) in [5.41, 5.74) is 3.65. The molecule has 152 valence electrons. The third-order valence-corrected chi connectivity index (χ3v) is 6.47. The Balaban J connectivity index is 1.36. The minimum absolute atomic E-state index is 0.495. The summed E-state index contributed by atoms with van der Waals surface area (Å²) in [5.74, 6) is 1.55. The van der Waals surface area contributed by atoms with Crippen LogP contribution in [0.2, 0.25) is 0 Å². The summed E-state index contributed by atoms with van der Waals surface area (Å²) in [7, 11) is 2.04. The second-order valence-electron chi connectivity index (χ2n) is 8.42. The summed E-state index contributed by atoms with van der Waals surface area (Å²) >= 11 is 0. The zero-order valence-corrected chi connectivity index (χ0v) is 17.2. The van der Waals surface area contributed by atoms with E-state index in [0.717, 1.165) is 37.6 Å². The first-order valence-electron chi connectivity index (χ1n) is 10.8. The van der Waals surface area contributed by atoms with E-state index in [2.05, 4.69) is 67.1 Å². The third kappa shape index (κ3) is 3.87. The number of hydrogen-bond donors (Lipinski definition) is 1. The molecular formula is C23H30N6. The smallest absolute Gasteiger partial charge is 0.157 e. The van der Waals surface area contributed by atoms with Crippen molar-refractivity contribution < 1.29 is 0 Å².